The van der Waals surface area contributed by atoms with Crippen LogP contribution in [0.2, 0.25) is 0 Å². The van der Waals surface area contributed by atoms with Crippen LogP contribution in [-0.4, -0.2) is 4.98 Å². The average molecular weight is 628 g/mol. The highest BCUT2D eigenvalue weighted by Crippen LogP contribution is 2.46. The van der Waals surface area contributed by atoms with Crippen molar-refractivity contribution < 1.29 is 4.42 Å². The molecule has 0 saturated carbocycles. The SMILES string of the molecule is CC(C)(C)c1cc2ccc3c(-c4cccc(-c5cccc6c5oc5ccccc56)c4)cc(-c4ccc5ncccc5c4)c4ccc(c1)c2c34. The molecular weight excluding hydrogens is 595 g/mol. The van der Waals surface area contributed by atoms with E-state index in [4.69, 9.17) is 4.42 Å². The molecule has 0 saturated heterocycles. The first-order valence-electron chi connectivity index (χ1n) is 17.0. The third-order valence-corrected chi connectivity index (χ3v) is 10.4. The van der Waals surface area contributed by atoms with Crippen LogP contribution in [0.4, 0.5) is 0 Å². The largest absolute Gasteiger partial charge is 0.455 e. The first-order chi connectivity index (χ1) is 23.9. The van der Waals surface area contributed by atoms with Gasteiger partial charge in [-0.05, 0) is 108 Å². The molecule has 0 aliphatic heterocycles. The fourth-order valence-electron chi connectivity index (χ4n) is 7.90. The molecular formula is C47H33NO. The van der Waals surface area contributed by atoms with Gasteiger partial charge in [0.25, 0.3) is 0 Å². The van der Waals surface area contributed by atoms with Gasteiger partial charge in [-0.2, -0.15) is 0 Å². The Morgan fingerprint density at radius 2 is 1.16 bits per heavy atom. The van der Waals surface area contributed by atoms with Crippen LogP contribution in [-0.2, 0) is 5.41 Å². The zero-order valence-electron chi connectivity index (χ0n) is 27.7. The summed E-state index contributed by atoms with van der Waals surface area (Å²) in [5, 5.41) is 11.2. The second-order valence-electron chi connectivity index (χ2n) is 14.4. The first kappa shape index (κ1) is 28.1. The standard InChI is InChI=1S/C47H33NO/c1-47(2,3)34-25-32-16-19-37-40(29-10-6-9-28(23-29)35-13-7-14-39-36-12-4-5-15-43(36)49-46(35)39)27-41(38-20-17-33(26-34)44(32)45(37)38)30-18-21-42-31(24-30)11-8-22-48-42/h4-27H,1-3H3. The molecule has 0 N–H and O–H groups in total. The Bertz CT molecular complexity index is 2900. The number of benzene rings is 8. The van der Waals surface area contributed by atoms with Crippen LogP contribution in [0, 0.1) is 0 Å². The lowest BCUT2D eigenvalue weighted by Crippen LogP contribution is -2.10. The van der Waals surface area contributed by atoms with Gasteiger partial charge in [-0.15, -0.1) is 0 Å². The van der Waals surface area contributed by atoms with E-state index >= 15 is 0 Å². The molecule has 2 heteroatoms. The van der Waals surface area contributed by atoms with E-state index in [9.17, 15) is 0 Å². The summed E-state index contributed by atoms with van der Waals surface area (Å²) >= 11 is 0. The number of hydrogen-bond donors (Lipinski definition) is 0. The fraction of sp³-hybridized carbons (Fsp3) is 0.0851. The molecule has 2 heterocycles. The van der Waals surface area contributed by atoms with E-state index in [-0.39, 0.29) is 5.41 Å². The number of para-hydroxylation sites is 2. The van der Waals surface area contributed by atoms with Crippen LogP contribution in [0.15, 0.2) is 150 Å². The van der Waals surface area contributed by atoms with Gasteiger partial charge in [0, 0.05) is 27.9 Å². The van der Waals surface area contributed by atoms with Gasteiger partial charge in [0.05, 0.1) is 5.52 Å². The van der Waals surface area contributed by atoms with Crippen molar-refractivity contribution in [3.63, 3.8) is 0 Å². The predicted octanol–water partition coefficient (Wildman–Crippen LogP) is 13.3. The quantitative estimate of drug-likeness (QED) is 0.182. The molecule has 10 aromatic rings. The van der Waals surface area contributed by atoms with Gasteiger partial charge in [0.1, 0.15) is 11.2 Å². The van der Waals surface area contributed by atoms with Crippen molar-refractivity contribution >= 4 is 65.2 Å². The molecule has 232 valence electrons. The molecule has 2 aromatic heterocycles. The van der Waals surface area contributed by atoms with Crippen molar-refractivity contribution in [1.82, 2.24) is 4.98 Å². The normalized spacial score (nSPS) is 12.4. The maximum Gasteiger partial charge on any atom is 0.143 e. The summed E-state index contributed by atoms with van der Waals surface area (Å²) in [6, 6.07) is 51.1. The van der Waals surface area contributed by atoms with Crippen molar-refractivity contribution in [2.24, 2.45) is 0 Å². The first-order valence-corrected chi connectivity index (χ1v) is 17.0. The average Bonchev–Trinajstić information content (AvgIpc) is 3.52. The summed E-state index contributed by atoms with van der Waals surface area (Å²) in [5.41, 5.74) is 11.3. The van der Waals surface area contributed by atoms with Gasteiger partial charge < -0.3 is 4.42 Å². The number of aromatic nitrogens is 1. The monoisotopic (exact) mass is 627 g/mol. The topological polar surface area (TPSA) is 26.0 Å². The zero-order chi connectivity index (χ0) is 32.9. The van der Waals surface area contributed by atoms with Crippen LogP contribution >= 0.6 is 0 Å². The Hall–Kier alpha value is -5.99. The minimum atomic E-state index is 0.0586. The Morgan fingerprint density at radius 3 is 1.94 bits per heavy atom. The van der Waals surface area contributed by atoms with Gasteiger partial charge in [-0.3, -0.25) is 4.98 Å². The number of pyridine rings is 1. The number of hydrogen-bond acceptors (Lipinski definition) is 2. The molecule has 0 atom stereocenters. The molecule has 0 fully saturated rings. The Kier molecular flexibility index (Phi) is 5.87. The molecule has 0 spiro atoms. The Balaban J connectivity index is 1.26. The second kappa shape index (κ2) is 10.3. The number of fused-ring (bicyclic) bond motifs is 4. The lowest BCUT2D eigenvalue weighted by atomic mass is 9.81. The number of rotatable bonds is 3. The molecule has 0 radical (unpaired) electrons. The summed E-state index contributed by atoms with van der Waals surface area (Å²) in [7, 11) is 0. The highest BCUT2D eigenvalue weighted by molar-refractivity contribution is 6.28. The summed E-state index contributed by atoms with van der Waals surface area (Å²) < 4.78 is 6.47. The van der Waals surface area contributed by atoms with E-state index in [0.717, 1.165) is 44.0 Å². The lowest BCUT2D eigenvalue weighted by Gasteiger charge is -2.23. The van der Waals surface area contributed by atoms with Gasteiger partial charge in [-0.1, -0.05) is 124 Å². The third kappa shape index (κ3) is 4.30. The van der Waals surface area contributed by atoms with E-state index in [1.54, 1.807) is 0 Å². The van der Waals surface area contributed by atoms with Crippen molar-refractivity contribution in [2.75, 3.05) is 0 Å². The summed E-state index contributed by atoms with van der Waals surface area (Å²) in [6.45, 7) is 6.89. The minimum absolute atomic E-state index is 0.0586. The minimum Gasteiger partial charge on any atom is -0.455 e. The van der Waals surface area contributed by atoms with Crippen LogP contribution < -0.4 is 0 Å². The molecule has 0 unspecified atom stereocenters. The van der Waals surface area contributed by atoms with Crippen LogP contribution in [0.3, 0.4) is 0 Å². The van der Waals surface area contributed by atoms with Gasteiger partial charge >= 0.3 is 0 Å². The highest BCUT2D eigenvalue weighted by Gasteiger charge is 2.21. The van der Waals surface area contributed by atoms with Crippen LogP contribution in [0.25, 0.3) is 98.5 Å². The van der Waals surface area contributed by atoms with Crippen LogP contribution in [0.5, 0.6) is 0 Å². The molecule has 8 aromatic carbocycles. The van der Waals surface area contributed by atoms with Gasteiger partial charge in [0.15, 0.2) is 0 Å². The summed E-state index contributed by atoms with van der Waals surface area (Å²) in [5.74, 6) is 0. The smallest absolute Gasteiger partial charge is 0.143 e. The van der Waals surface area contributed by atoms with Crippen molar-refractivity contribution in [3.8, 4) is 33.4 Å². The molecule has 0 amide bonds. The van der Waals surface area contributed by atoms with E-state index in [0.29, 0.717) is 0 Å². The third-order valence-electron chi connectivity index (χ3n) is 10.4. The molecule has 2 nitrogen and oxygen atoms in total. The Morgan fingerprint density at radius 1 is 0.469 bits per heavy atom. The molecule has 10 rings (SSSR count). The maximum atomic E-state index is 6.47. The fourth-order valence-corrected chi connectivity index (χ4v) is 7.90. The molecule has 0 aliphatic carbocycles. The predicted molar refractivity (Wildman–Crippen MR) is 208 cm³/mol. The molecule has 0 bridgehead atoms. The number of furan rings is 1. The van der Waals surface area contributed by atoms with Gasteiger partial charge in [0.2, 0.25) is 0 Å². The lowest BCUT2D eigenvalue weighted by molar-refractivity contribution is 0.591. The van der Waals surface area contributed by atoms with Crippen molar-refractivity contribution in [3.05, 3.63) is 151 Å². The van der Waals surface area contributed by atoms with E-state index in [2.05, 4.69) is 153 Å². The molecule has 0 aliphatic rings. The van der Waals surface area contributed by atoms with E-state index in [1.165, 1.54) is 60.1 Å². The van der Waals surface area contributed by atoms with Gasteiger partial charge in [-0.25, -0.2) is 0 Å². The molecule has 49 heavy (non-hydrogen) atoms. The zero-order valence-corrected chi connectivity index (χ0v) is 27.7. The van der Waals surface area contributed by atoms with Crippen molar-refractivity contribution in [1.29, 1.82) is 0 Å². The maximum absolute atomic E-state index is 6.47. The second-order valence-corrected chi connectivity index (χ2v) is 14.4. The summed E-state index contributed by atoms with van der Waals surface area (Å²) in [4.78, 5) is 4.60. The van der Waals surface area contributed by atoms with E-state index in [1.807, 2.05) is 18.3 Å². The summed E-state index contributed by atoms with van der Waals surface area (Å²) in [6.07, 6.45) is 1.86. The van der Waals surface area contributed by atoms with Crippen molar-refractivity contribution in [2.45, 2.75) is 26.2 Å². The van der Waals surface area contributed by atoms with Crippen LogP contribution in [0.1, 0.15) is 26.3 Å². The number of nitrogens with zero attached hydrogens (tertiary/aromatic N) is 1. The highest BCUT2D eigenvalue weighted by atomic mass is 16.3. The van der Waals surface area contributed by atoms with E-state index < -0.39 is 0 Å². The Labute approximate surface area is 284 Å².